The lowest BCUT2D eigenvalue weighted by Gasteiger charge is -2.39. The van der Waals surface area contributed by atoms with Gasteiger partial charge in [-0.2, -0.15) is 0 Å². The van der Waals surface area contributed by atoms with Gasteiger partial charge in [-0.3, -0.25) is 4.79 Å². The van der Waals surface area contributed by atoms with Gasteiger partial charge in [0.2, 0.25) is 6.29 Å². The lowest BCUT2D eigenvalue weighted by atomic mass is 9.99. The second kappa shape index (κ2) is 11.8. The Hall–Kier alpha value is -2.08. The van der Waals surface area contributed by atoms with Crippen molar-refractivity contribution in [2.24, 2.45) is 5.73 Å². The maximum atomic E-state index is 10.5. The van der Waals surface area contributed by atoms with Gasteiger partial charge in [0.05, 0.1) is 12.6 Å². The molecule has 0 radical (unpaired) electrons. The molecule has 3 unspecified atom stereocenters. The zero-order chi connectivity index (χ0) is 22.1. The normalized spacial score (nSPS) is 27.3. The van der Waals surface area contributed by atoms with Gasteiger partial charge in [-0.05, 0) is 44.5 Å². The molecule has 1 saturated heterocycles. The van der Waals surface area contributed by atoms with Crippen molar-refractivity contribution >= 4 is 17.3 Å². The number of Topliss-reactive ketones (excluding diaryl/α,β-unsaturated/α-hetero) is 2. The zero-order valence-electron chi connectivity index (χ0n) is 16.5. The predicted octanol–water partition coefficient (Wildman–Crippen LogP) is -1.28. The Morgan fingerprint density at radius 1 is 1.10 bits per heavy atom. The third-order valence-corrected chi connectivity index (χ3v) is 4.31. The van der Waals surface area contributed by atoms with Gasteiger partial charge < -0.3 is 46.2 Å². The summed E-state index contributed by atoms with van der Waals surface area (Å²) in [4.78, 5) is 20.9. The highest BCUT2D eigenvalue weighted by Crippen LogP contribution is 2.24. The first kappa shape index (κ1) is 25.0. The molecule has 1 aliphatic heterocycles. The van der Waals surface area contributed by atoms with Gasteiger partial charge in [-0.25, -0.2) is 0 Å². The van der Waals surface area contributed by atoms with E-state index in [0.717, 1.165) is 0 Å². The summed E-state index contributed by atoms with van der Waals surface area (Å²) in [5.41, 5.74) is 11.4. The number of anilines is 1. The summed E-state index contributed by atoms with van der Waals surface area (Å²) in [5, 5.41) is 38.0. The molecular weight excluding hydrogens is 384 g/mol. The van der Waals surface area contributed by atoms with Crippen molar-refractivity contribution in [1.82, 2.24) is 0 Å². The Balaban J connectivity index is 0.000000359. The molecule has 10 nitrogen and oxygen atoms in total. The highest BCUT2D eigenvalue weighted by molar-refractivity contribution is 5.82. The summed E-state index contributed by atoms with van der Waals surface area (Å²) >= 11 is 0. The number of carbonyl (C=O) groups excluding carboxylic acids is 2. The first-order valence-corrected chi connectivity index (χ1v) is 9.15. The van der Waals surface area contributed by atoms with Gasteiger partial charge in [0.1, 0.15) is 41.7 Å². The van der Waals surface area contributed by atoms with Crippen LogP contribution in [0.2, 0.25) is 0 Å². The minimum Gasteiger partial charge on any atom is -0.462 e. The quantitative estimate of drug-likeness (QED) is 0.293. The lowest BCUT2D eigenvalue weighted by Crippen LogP contribution is -2.60. The van der Waals surface area contributed by atoms with Gasteiger partial charge in [-0.15, -0.1) is 0 Å². The second-order valence-electron chi connectivity index (χ2n) is 6.84. The first-order valence-electron chi connectivity index (χ1n) is 9.15. The van der Waals surface area contributed by atoms with Crippen LogP contribution < -0.4 is 16.2 Å². The third kappa shape index (κ3) is 8.05. The Labute approximate surface area is 169 Å². The van der Waals surface area contributed by atoms with Crippen molar-refractivity contribution in [3.8, 4) is 5.75 Å². The highest BCUT2D eigenvalue weighted by atomic mass is 16.7. The summed E-state index contributed by atoms with van der Waals surface area (Å²) in [5.74, 6) is 0.413. The number of hydrogen-bond acceptors (Lipinski definition) is 10. The van der Waals surface area contributed by atoms with Crippen LogP contribution in [0.5, 0.6) is 5.75 Å². The van der Waals surface area contributed by atoms with Gasteiger partial charge in [0.25, 0.3) is 0 Å². The van der Waals surface area contributed by atoms with Crippen LogP contribution in [0.4, 0.5) is 5.69 Å². The second-order valence-corrected chi connectivity index (χ2v) is 6.84. The Morgan fingerprint density at radius 3 is 2.17 bits per heavy atom. The standard InChI is InChI=1S/C12H17NO6.C7H13NO2/c13-6-1-3-7(4-2-6)18-12-11(17)10(16)9(15)8(5-14)19-12;1-5(9)3-4-7(8)6(2)10/h1-4,8-12,14-17H,5,13H2;7H,3-4,8H2,1-2H3/t8?,9-,10+,11?,12+;/m1./s1. The fourth-order valence-electron chi connectivity index (χ4n) is 2.41. The first-order chi connectivity index (χ1) is 13.6. The van der Waals surface area contributed by atoms with Crippen LogP contribution in [0.25, 0.3) is 0 Å². The van der Waals surface area contributed by atoms with Gasteiger partial charge in [-0.1, -0.05) is 0 Å². The van der Waals surface area contributed by atoms with Crippen LogP contribution in [0.15, 0.2) is 24.3 Å². The molecule has 6 atom stereocenters. The van der Waals surface area contributed by atoms with Crippen molar-refractivity contribution in [2.75, 3.05) is 12.3 Å². The number of ketones is 2. The molecule has 164 valence electrons. The SMILES string of the molecule is CC(=O)CCC(N)C(C)=O.Nc1ccc(O[C@H]2OC(CO)[C@@H](O)[C@H](O)C2O)cc1. The number of benzene rings is 1. The van der Waals surface area contributed by atoms with E-state index in [-0.39, 0.29) is 11.6 Å². The molecule has 10 heteroatoms. The van der Waals surface area contributed by atoms with Crippen molar-refractivity contribution < 1.29 is 39.5 Å². The molecule has 1 fully saturated rings. The largest absolute Gasteiger partial charge is 0.462 e. The molecule has 8 N–H and O–H groups in total. The molecule has 0 aliphatic carbocycles. The third-order valence-electron chi connectivity index (χ3n) is 4.31. The van der Waals surface area contributed by atoms with Crippen LogP contribution in [-0.4, -0.2) is 75.3 Å². The van der Waals surface area contributed by atoms with Crippen LogP contribution in [0.1, 0.15) is 26.7 Å². The summed E-state index contributed by atoms with van der Waals surface area (Å²) in [6.45, 7) is 2.43. The van der Waals surface area contributed by atoms with Crippen LogP contribution in [0.3, 0.4) is 0 Å². The van der Waals surface area contributed by atoms with E-state index < -0.39 is 43.4 Å². The number of aliphatic hydroxyl groups is 4. The highest BCUT2D eigenvalue weighted by Gasteiger charge is 2.44. The van der Waals surface area contributed by atoms with E-state index in [9.17, 15) is 24.9 Å². The van der Waals surface area contributed by atoms with Crippen molar-refractivity contribution in [3.05, 3.63) is 24.3 Å². The Bertz CT molecular complexity index is 652. The van der Waals surface area contributed by atoms with Gasteiger partial charge in [0, 0.05) is 12.1 Å². The monoisotopic (exact) mass is 414 g/mol. The van der Waals surface area contributed by atoms with E-state index in [4.69, 9.17) is 26.0 Å². The molecule has 0 aromatic heterocycles. The maximum Gasteiger partial charge on any atom is 0.229 e. The molecule has 1 aromatic carbocycles. The number of aliphatic hydroxyl groups excluding tert-OH is 4. The maximum absolute atomic E-state index is 10.5. The minimum atomic E-state index is -1.45. The molecule has 0 spiro atoms. The molecule has 1 aromatic rings. The smallest absolute Gasteiger partial charge is 0.229 e. The fourth-order valence-corrected chi connectivity index (χ4v) is 2.41. The van der Waals surface area contributed by atoms with Crippen molar-refractivity contribution in [2.45, 2.75) is 63.4 Å². The van der Waals surface area contributed by atoms with Crippen LogP contribution >= 0.6 is 0 Å². The zero-order valence-corrected chi connectivity index (χ0v) is 16.5. The number of nitrogen functional groups attached to an aromatic ring is 1. The van der Waals surface area contributed by atoms with E-state index in [0.29, 0.717) is 24.3 Å². The average Bonchev–Trinajstić information content (AvgIpc) is 2.68. The number of hydrogen-bond donors (Lipinski definition) is 6. The van der Waals surface area contributed by atoms with Gasteiger partial charge >= 0.3 is 0 Å². The molecule has 1 aliphatic rings. The lowest BCUT2D eigenvalue weighted by molar-refractivity contribution is -0.277. The molecule has 29 heavy (non-hydrogen) atoms. The van der Waals surface area contributed by atoms with Crippen LogP contribution in [-0.2, 0) is 14.3 Å². The van der Waals surface area contributed by atoms with E-state index in [2.05, 4.69) is 0 Å². The van der Waals surface area contributed by atoms with E-state index in [1.807, 2.05) is 0 Å². The van der Waals surface area contributed by atoms with Gasteiger partial charge in [0.15, 0.2) is 0 Å². The summed E-state index contributed by atoms with van der Waals surface area (Å²) in [7, 11) is 0. The van der Waals surface area contributed by atoms with E-state index >= 15 is 0 Å². The number of carbonyl (C=O) groups is 2. The molecule has 0 amide bonds. The average molecular weight is 414 g/mol. The Kier molecular flexibility index (Phi) is 10.2. The summed E-state index contributed by atoms with van der Waals surface area (Å²) in [6.07, 6.45) is -5.56. The summed E-state index contributed by atoms with van der Waals surface area (Å²) < 4.78 is 10.6. The topological polar surface area (TPSA) is 186 Å². The fraction of sp³-hybridized carbons (Fsp3) is 0.579. The van der Waals surface area contributed by atoms with E-state index in [1.54, 1.807) is 24.3 Å². The molecular formula is C19H30N2O8. The molecule has 1 heterocycles. The predicted molar refractivity (Wildman–Crippen MR) is 104 cm³/mol. The minimum absolute atomic E-state index is 0.0544. The number of rotatable bonds is 7. The summed E-state index contributed by atoms with van der Waals surface area (Å²) in [6, 6.07) is 5.93. The molecule has 0 saturated carbocycles. The van der Waals surface area contributed by atoms with Crippen LogP contribution in [0, 0.1) is 0 Å². The Morgan fingerprint density at radius 2 is 1.69 bits per heavy atom. The molecule has 0 bridgehead atoms. The van der Waals surface area contributed by atoms with E-state index in [1.165, 1.54) is 13.8 Å². The van der Waals surface area contributed by atoms with Crippen molar-refractivity contribution in [1.29, 1.82) is 0 Å². The number of ether oxygens (including phenoxy) is 2. The van der Waals surface area contributed by atoms with Crippen molar-refractivity contribution in [3.63, 3.8) is 0 Å². The number of nitrogens with two attached hydrogens (primary N) is 2. The molecule has 2 rings (SSSR count).